The third kappa shape index (κ3) is 4.85. The summed E-state index contributed by atoms with van der Waals surface area (Å²) in [4.78, 5) is 17.6. The molecule has 2 heterocycles. The SMILES string of the molecule is CC(=O)Nc1ccc(S(=O)(=O)NC2CC(c3nc(-c4ccc(F)cc4)no3)N(C)C2)cc1. The minimum Gasteiger partial charge on any atom is -0.337 e. The highest BCUT2D eigenvalue weighted by atomic mass is 32.2. The van der Waals surface area contributed by atoms with Crippen molar-refractivity contribution in [2.24, 2.45) is 0 Å². The van der Waals surface area contributed by atoms with Crippen LogP contribution in [0.5, 0.6) is 0 Å². The highest BCUT2D eigenvalue weighted by Gasteiger charge is 2.36. The first-order chi connectivity index (χ1) is 15.2. The van der Waals surface area contributed by atoms with E-state index in [1.54, 1.807) is 12.1 Å². The number of sulfonamides is 1. The van der Waals surface area contributed by atoms with Crippen LogP contribution in [0.4, 0.5) is 10.1 Å². The quantitative estimate of drug-likeness (QED) is 0.582. The number of halogens is 1. The first-order valence-electron chi connectivity index (χ1n) is 9.91. The van der Waals surface area contributed by atoms with Gasteiger partial charge in [0.25, 0.3) is 0 Å². The maximum absolute atomic E-state index is 13.1. The van der Waals surface area contributed by atoms with E-state index in [0.717, 1.165) is 0 Å². The van der Waals surface area contributed by atoms with Crippen LogP contribution in [0.1, 0.15) is 25.3 Å². The fourth-order valence-corrected chi connectivity index (χ4v) is 4.91. The number of likely N-dealkylation sites (tertiary alicyclic amines) is 1. The van der Waals surface area contributed by atoms with E-state index in [0.29, 0.717) is 35.9 Å². The zero-order valence-corrected chi connectivity index (χ0v) is 18.3. The van der Waals surface area contributed by atoms with Gasteiger partial charge >= 0.3 is 0 Å². The molecule has 1 saturated heterocycles. The van der Waals surface area contributed by atoms with Gasteiger partial charge in [-0.3, -0.25) is 9.69 Å². The number of hydrogen-bond acceptors (Lipinski definition) is 7. The summed E-state index contributed by atoms with van der Waals surface area (Å²) >= 11 is 0. The molecule has 0 aliphatic carbocycles. The second-order valence-electron chi connectivity index (χ2n) is 7.68. The van der Waals surface area contributed by atoms with Gasteiger partial charge in [-0.2, -0.15) is 4.98 Å². The smallest absolute Gasteiger partial charge is 0.244 e. The third-order valence-electron chi connectivity index (χ3n) is 5.18. The third-order valence-corrected chi connectivity index (χ3v) is 6.72. The number of hydrogen-bond donors (Lipinski definition) is 2. The number of anilines is 1. The summed E-state index contributed by atoms with van der Waals surface area (Å²) in [5.74, 6) is 0.125. The molecule has 4 rings (SSSR count). The first kappa shape index (κ1) is 22.1. The molecule has 1 aromatic heterocycles. The van der Waals surface area contributed by atoms with Crippen molar-refractivity contribution >= 4 is 21.6 Å². The van der Waals surface area contributed by atoms with Crippen LogP contribution in [0.25, 0.3) is 11.4 Å². The Morgan fingerprint density at radius 1 is 1.16 bits per heavy atom. The fraction of sp³-hybridized carbons (Fsp3) is 0.286. The molecule has 2 aromatic carbocycles. The summed E-state index contributed by atoms with van der Waals surface area (Å²) in [6.07, 6.45) is 0.449. The molecule has 0 radical (unpaired) electrons. The fourth-order valence-electron chi connectivity index (χ4n) is 3.67. The molecule has 2 unspecified atom stereocenters. The normalized spacial score (nSPS) is 19.2. The standard InChI is InChI=1S/C21H22FN5O4S/c1-13(28)23-16-7-9-18(10-8-16)32(29,30)26-17-11-19(27(2)12-17)21-24-20(25-31-21)14-3-5-15(22)6-4-14/h3-10,17,19,26H,11-12H2,1-2H3,(H,23,28). The van der Waals surface area contributed by atoms with E-state index in [1.807, 2.05) is 11.9 Å². The predicted octanol–water partition coefficient (Wildman–Crippen LogP) is 2.56. The molecule has 1 fully saturated rings. The van der Waals surface area contributed by atoms with Crippen molar-refractivity contribution in [3.05, 3.63) is 60.2 Å². The van der Waals surface area contributed by atoms with Crippen molar-refractivity contribution in [3.8, 4) is 11.4 Å². The number of aromatic nitrogens is 2. The summed E-state index contributed by atoms with van der Waals surface area (Å²) in [6, 6.07) is 11.1. The Kier molecular flexibility index (Phi) is 6.04. The van der Waals surface area contributed by atoms with Gasteiger partial charge < -0.3 is 9.84 Å². The van der Waals surface area contributed by atoms with E-state index < -0.39 is 10.0 Å². The lowest BCUT2D eigenvalue weighted by Gasteiger charge is -2.14. The van der Waals surface area contributed by atoms with Crippen LogP contribution in [0.15, 0.2) is 57.9 Å². The second kappa shape index (κ2) is 8.77. The van der Waals surface area contributed by atoms with Crippen LogP contribution in [0.2, 0.25) is 0 Å². The van der Waals surface area contributed by atoms with Gasteiger partial charge in [0.05, 0.1) is 10.9 Å². The first-order valence-corrected chi connectivity index (χ1v) is 11.4. The molecular formula is C21H22FN5O4S. The minimum absolute atomic E-state index is 0.106. The lowest BCUT2D eigenvalue weighted by Crippen LogP contribution is -2.36. The molecule has 168 valence electrons. The van der Waals surface area contributed by atoms with Crippen LogP contribution in [0.3, 0.4) is 0 Å². The van der Waals surface area contributed by atoms with Gasteiger partial charge in [-0.25, -0.2) is 17.5 Å². The maximum Gasteiger partial charge on any atom is 0.244 e. The lowest BCUT2D eigenvalue weighted by atomic mass is 10.2. The molecule has 0 bridgehead atoms. The summed E-state index contributed by atoms with van der Waals surface area (Å²) in [6.45, 7) is 1.84. The van der Waals surface area contributed by atoms with Crippen LogP contribution in [-0.2, 0) is 14.8 Å². The van der Waals surface area contributed by atoms with E-state index in [4.69, 9.17) is 4.52 Å². The van der Waals surface area contributed by atoms with E-state index in [2.05, 4.69) is 20.2 Å². The average Bonchev–Trinajstić information content (AvgIpc) is 3.35. The van der Waals surface area contributed by atoms with Gasteiger partial charge in [-0.15, -0.1) is 0 Å². The maximum atomic E-state index is 13.1. The zero-order valence-electron chi connectivity index (χ0n) is 17.4. The van der Waals surface area contributed by atoms with Gasteiger partial charge in [-0.1, -0.05) is 5.16 Å². The zero-order chi connectivity index (χ0) is 22.9. The molecule has 1 aliphatic rings. The Bertz CT molecular complexity index is 1210. The van der Waals surface area contributed by atoms with Crippen molar-refractivity contribution in [1.29, 1.82) is 0 Å². The van der Waals surface area contributed by atoms with Crippen molar-refractivity contribution in [2.75, 3.05) is 18.9 Å². The second-order valence-corrected chi connectivity index (χ2v) is 9.39. The number of carbonyl (C=O) groups excluding carboxylic acids is 1. The average molecular weight is 460 g/mol. The van der Waals surface area contributed by atoms with Gasteiger partial charge in [0, 0.05) is 30.8 Å². The number of benzene rings is 2. The molecule has 3 aromatic rings. The number of carbonyl (C=O) groups is 1. The van der Waals surface area contributed by atoms with Crippen molar-refractivity contribution in [3.63, 3.8) is 0 Å². The Morgan fingerprint density at radius 3 is 2.50 bits per heavy atom. The van der Waals surface area contributed by atoms with Crippen molar-refractivity contribution < 1.29 is 22.1 Å². The predicted molar refractivity (Wildman–Crippen MR) is 115 cm³/mol. The van der Waals surface area contributed by atoms with Gasteiger partial charge in [0.2, 0.25) is 27.6 Å². The van der Waals surface area contributed by atoms with Crippen molar-refractivity contribution in [1.82, 2.24) is 19.8 Å². The number of nitrogens with one attached hydrogen (secondary N) is 2. The lowest BCUT2D eigenvalue weighted by molar-refractivity contribution is -0.114. The Morgan fingerprint density at radius 2 is 1.84 bits per heavy atom. The minimum atomic E-state index is -3.75. The van der Waals surface area contributed by atoms with Crippen LogP contribution in [0, 0.1) is 5.82 Å². The molecule has 9 nitrogen and oxygen atoms in total. The monoisotopic (exact) mass is 459 g/mol. The molecule has 1 amide bonds. The van der Waals surface area contributed by atoms with E-state index in [1.165, 1.54) is 43.3 Å². The summed E-state index contributed by atoms with van der Waals surface area (Å²) in [5, 5.41) is 6.57. The van der Waals surface area contributed by atoms with Crippen LogP contribution >= 0.6 is 0 Å². The Labute approximate surface area is 184 Å². The van der Waals surface area contributed by atoms with E-state index in [9.17, 15) is 17.6 Å². The molecular weight excluding hydrogens is 437 g/mol. The largest absolute Gasteiger partial charge is 0.337 e. The van der Waals surface area contributed by atoms with E-state index in [-0.39, 0.29) is 28.7 Å². The van der Waals surface area contributed by atoms with Gasteiger partial charge in [-0.05, 0) is 62.0 Å². The highest BCUT2D eigenvalue weighted by Crippen LogP contribution is 2.31. The molecule has 1 aliphatic heterocycles. The number of rotatable bonds is 6. The Balaban J connectivity index is 1.44. The number of nitrogens with zero attached hydrogens (tertiary/aromatic N) is 3. The number of likely N-dealkylation sites (N-methyl/N-ethyl adjacent to an activating group) is 1. The summed E-state index contributed by atoms with van der Waals surface area (Å²) in [5.41, 5.74) is 1.15. The molecule has 32 heavy (non-hydrogen) atoms. The summed E-state index contributed by atoms with van der Waals surface area (Å²) < 4.78 is 46.8. The summed E-state index contributed by atoms with van der Waals surface area (Å²) in [7, 11) is -1.90. The highest BCUT2D eigenvalue weighted by molar-refractivity contribution is 7.89. The molecule has 0 saturated carbocycles. The molecule has 2 atom stereocenters. The van der Waals surface area contributed by atoms with Crippen LogP contribution in [-0.4, -0.2) is 49.0 Å². The van der Waals surface area contributed by atoms with Crippen molar-refractivity contribution in [2.45, 2.75) is 30.3 Å². The topological polar surface area (TPSA) is 117 Å². The Hall–Kier alpha value is -3.15. The van der Waals surface area contributed by atoms with Crippen LogP contribution < -0.4 is 10.0 Å². The van der Waals surface area contributed by atoms with Gasteiger partial charge in [0.1, 0.15) is 5.82 Å². The van der Waals surface area contributed by atoms with Gasteiger partial charge in [0.15, 0.2) is 0 Å². The molecule has 0 spiro atoms. The molecule has 2 N–H and O–H groups in total. The molecule has 11 heteroatoms. The number of amides is 1. The van der Waals surface area contributed by atoms with E-state index >= 15 is 0 Å².